The molecule has 6 nitrogen and oxygen atoms in total. The molecule has 0 unspecified atom stereocenters. The molecule has 7 heteroatoms. The fourth-order valence-corrected chi connectivity index (χ4v) is 3.00. The molecule has 0 radical (unpaired) electrons. The Bertz CT molecular complexity index is 979. The number of aromatic amines is 1. The highest BCUT2D eigenvalue weighted by Crippen LogP contribution is 2.36. The summed E-state index contributed by atoms with van der Waals surface area (Å²) < 4.78 is 14.3. The summed E-state index contributed by atoms with van der Waals surface area (Å²) in [5.41, 5.74) is 8.91. The topological polar surface area (TPSA) is 96.7 Å². The number of aryl methyl sites for hydroxylation is 1. The number of amides is 1. The number of H-pyrrole nitrogens is 1. The summed E-state index contributed by atoms with van der Waals surface area (Å²) in [5.74, 6) is 0.481. The first kappa shape index (κ1) is 14.4. The number of benzene rings is 2. The van der Waals surface area contributed by atoms with Crippen molar-refractivity contribution in [2.75, 3.05) is 5.73 Å². The summed E-state index contributed by atoms with van der Waals surface area (Å²) in [6.07, 6.45) is 0. The number of anilines is 1. The smallest absolute Gasteiger partial charge is 0.252 e. The van der Waals surface area contributed by atoms with Crippen LogP contribution in [0.4, 0.5) is 10.1 Å². The van der Waals surface area contributed by atoms with Gasteiger partial charge in [-0.05, 0) is 42.3 Å². The van der Waals surface area contributed by atoms with E-state index >= 15 is 0 Å². The second kappa shape index (κ2) is 5.16. The molecule has 3 aromatic rings. The van der Waals surface area contributed by atoms with Crippen LogP contribution < -0.4 is 11.1 Å². The third kappa shape index (κ3) is 2.13. The Morgan fingerprint density at radius 3 is 2.62 bits per heavy atom. The quantitative estimate of drug-likeness (QED) is 0.631. The van der Waals surface area contributed by atoms with E-state index in [4.69, 9.17) is 5.73 Å². The Labute approximate surface area is 136 Å². The van der Waals surface area contributed by atoms with E-state index in [0.717, 1.165) is 5.56 Å². The van der Waals surface area contributed by atoms with Crippen molar-refractivity contribution in [3.8, 4) is 22.5 Å². The molecule has 4 N–H and O–H groups in total. The fraction of sp³-hybridized carbons (Fsp3) is 0.118. The average molecular weight is 323 g/mol. The molecule has 1 amide bonds. The summed E-state index contributed by atoms with van der Waals surface area (Å²) in [5, 5.41) is 9.68. The monoisotopic (exact) mass is 323 g/mol. The zero-order chi connectivity index (χ0) is 16.8. The molecular weight excluding hydrogens is 309 g/mol. The van der Waals surface area contributed by atoms with Crippen molar-refractivity contribution in [2.45, 2.75) is 13.5 Å². The van der Waals surface area contributed by atoms with E-state index in [2.05, 4.69) is 20.5 Å². The van der Waals surface area contributed by atoms with E-state index in [-0.39, 0.29) is 5.91 Å². The first-order valence-corrected chi connectivity index (χ1v) is 7.43. The number of fused-ring (bicyclic) bond motifs is 1. The van der Waals surface area contributed by atoms with Crippen LogP contribution in [0.25, 0.3) is 22.5 Å². The van der Waals surface area contributed by atoms with Crippen molar-refractivity contribution in [2.24, 2.45) is 0 Å². The van der Waals surface area contributed by atoms with E-state index in [1.165, 1.54) is 6.07 Å². The minimum atomic E-state index is -0.418. The minimum absolute atomic E-state index is 0.208. The van der Waals surface area contributed by atoms with Crippen LogP contribution in [0.1, 0.15) is 21.7 Å². The Hall–Kier alpha value is -3.22. The van der Waals surface area contributed by atoms with Gasteiger partial charge in [0.2, 0.25) is 0 Å². The lowest BCUT2D eigenvalue weighted by molar-refractivity contribution is 0.0966. The van der Waals surface area contributed by atoms with Crippen molar-refractivity contribution in [3.63, 3.8) is 0 Å². The largest absolute Gasteiger partial charge is 0.399 e. The first-order chi connectivity index (χ1) is 11.5. The number of carbonyl (C=O) groups is 1. The minimum Gasteiger partial charge on any atom is -0.399 e. The van der Waals surface area contributed by atoms with Crippen LogP contribution in [0.15, 0.2) is 30.3 Å². The van der Waals surface area contributed by atoms with Crippen LogP contribution in [0.3, 0.4) is 0 Å². The third-order valence-electron chi connectivity index (χ3n) is 4.09. The molecule has 2 aromatic carbocycles. The van der Waals surface area contributed by atoms with Crippen molar-refractivity contribution in [1.29, 1.82) is 0 Å². The fourth-order valence-electron chi connectivity index (χ4n) is 3.00. The maximum atomic E-state index is 14.3. The Morgan fingerprint density at radius 1 is 1.17 bits per heavy atom. The van der Waals surface area contributed by atoms with Gasteiger partial charge in [0.1, 0.15) is 11.6 Å². The molecule has 0 saturated heterocycles. The Balaban J connectivity index is 1.94. The first-order valence-electron chi connectivity index (χ1n) is 7.43. The number of hydrogen-bond donors (Lipinski definition) is 3. The molecule has 0 aliphatic carbocycles. The van der Waals surface area contributed by atoms with Crippen LogP contribution in [0.5, 0.6) is 0 Å². The summed E-state index contributed by atoms with van der Waals surface area (Å²) in [6, 6.07) is 8.08. The number of aromatic nitrogens is 3. The van der Waals surface area contributed by atoms with Gasteiger partial charge in [0, 0.05) is 23.4 Å². The number of nitrogen functional groups attached to an aromatic ring is 1. The highest BCUT2D eigenvalue weighted by molar-refractivity contribution is 6.06. The normalized spacial score (nSPS) is 13.0. The Morgan fingerprint density at radius 2 is 1.92 bits per heavy atom. The summed E-state index contributed by atoms with van der Waals surface area (Å²) in [6.45, 7) is 2.12. The molecule has 0 spiro atoms. The lowest BCUT2D eigenvalue weighted by Crippen LogP contribution is -2.13. The maximum Gasteiger partial charge on any atom is 0.252 e. The zero-order valence-electron chi connectivity index (χ0n) is 12.9. The predicted molar refractivity (Wildman–Crippen MR) is 87.5 cm³/mol. The molecule has 0 atom stereocenters. The molecule has 1 aliphatic heterocycles. The standard InChI is InChI=1S/C17H14FN5O/c1-8-21-16(23-22-8)12-5-4-10(13-7-20-17(24)15(12)13)11-3-2-9(19)6-14(11)18/h2-6H,7,19H2,1H3,(H,20,24)(H,21,22,23). The van der Waals surface area contributed by atoms with Gasteiger partial charge in [0.05, 0.1) is 5.56 Å². The third-order valence-corrected chi connectivity index (χ3v) is 4.09. The summed E-state index contributed by atoms with van der Waals surface area (Å²) in [7, 11) is 0. The number of nitrogens with zero attached hydrogens (tertiary/aromatic N) is 2. The number of halogens is 1. The SMILES string of the molecule is Cc1nc(-c2ccc(-c3ccc(N)cc3F)c3c2C(=O)NC3)n[nH]1. The van der Waals surface area contributed by atoms with Gasteiger partial charge in [0.15, 0.2) is 5.82 Å². The maximum absolute atomic E-state index is 14.3. The van der Waals surface area contributed by atoms with Gasteiger partial charge in [0.25, 0.3) is 5.91 Å². The van der Waals surface area contributed by atoms with E-state index in [1.54, 1.807) is 31.2 Å². The van der Waals surface area contributed by atoms with Gasteiger partial charge in [-0.15, -0.1) is 0 Å². The van der Waals surface area contributed by atoms with Gasteiger partial charge < -0.3 is 11.1 Å². The number of nitrogens with two attached hydrogens (primary N) is 1. The van der Waals surface area contributed by atoms with Gasteiger partial charge in [-0.25, -0.2) is 9.37 Å². The van der Waals surface area contributed by atoms with Gasteiger partial charge >= 0.3 is 0 Å². The van der Waals surface area contributed by atoms with E-state index < -0.39 is 5.82 Å². The van der Waals surface area contributed by atoms with Gasteiger partial charge in [-0.3, -0.25) is 9.89 Å². The van der Waals surface area contributed by atoms with Crippen molar-refractivity contribution < 1.29 is 9.18 Å². The molecule has 0 saturated carbocycles. The lowest BCUT2D eigenvalue weighted by atomic mass is 9.92. The summed E-state index contributed by atoms with van der Waals surface area (Å²) in [4.78, 5) is 16.6. The van der Waals surface area contributed by atoms with Crippen LogP contribution in [0, 0.1) is 12.7 Å². The molecule has 2 heterocycles. The second-order valence-electron chi connectivity index (χ2n) is 5.68. The average Bonchev–Trinajstić information content (AvgIpc) is 3.14. The molecule has 1 aromatic heterocycles. The van der Waals surface area contributed by atoms with E-state index in [1.807, 2.05) is 0 Å². The number of carbonyl (C=O) groups excluding carboxylic acids is 1. The van der Waals surface area contributed by atoms with E-state index in [0.29, 0.717) is 46.1 Å². The lowest BCUT2D eigenvalue weighted by Gasteiger charge is -2.11. The molecule has 0 fully saturated rings. The highest BCUT2D eigenvalue weighted by atomic mass is 19.1. The second-order valence-corrected chi connectivity index (χ2v) is 5.68. The molecule has 0 bridgehead atoms. The molecular formula is C17H14FN5O. The van der Waals surface area contributed by atoms with Crippen LogP contribution >= 0.6 is 0 Å². The number of rotatable bonds is 2. The van der Waals surface area contributed by atoms with Crippen LogP contribution in [0.2, 0.25) is 0 Å². The van der Waals surface area contributed by atoms with E-state index in [9.17, 15) is 9.18 Å². The van der Waals surface area contributed by atoms with Crippen molar-refractivity contribution in [1.82, 2.24) is 20.5 Å². The molecule has 24 heavy (non-hydrogen) atoms. The number of hydrogen-bond acceptors (Lipinski definition) is 4. The molecule has 1 aliphatic rings. The van der Waals surface area contributed by atoms with Gasteiger partial charge in [-0.1, -0.05) is 6.07 Å². The predicted octanol–water partition coefficient (Wildman–Crippen LogP) is 2.41. The van der Waals surface area contributed by atoms with Crippen molar-refractivity contribution >= 4 is 11.6 Å². The van der Waals surface area contributed by atoms with Crippen LogP contribution in [-0.4, -0.2) is 21.1 Å². The van der Waals surface area contributed by atoms with Crippen LogP contribution in [-0.2, 0) is 6.54 Å². The van der Waals surface area contributed by atoms with Crippen molar-refractivity contribution in [3.05, 3.63) is 53.1 Å². The molecule has 4 rings (SSSR count). The Kier molecular flexibility index (Phi) is 3.09. The molecule has 120 valence electrons. The summed E-state index contributed by atoms with van der Waals surface area (Å²) >= 11 is 0. The number of nitrogens with one attached hydrogen (secondary N) is 2. The zero-order valence-corrected chi connectivity index (χ0v) is 12.9. The van der Waals surface area contributed by atoms with Gasteiger partial charge in [-0.2, -0.15) is 5.10 Å². The highest BCUT2D eigenvalue weighted by Gasteiger charge is 2.28.